The quantitative estimate of drug-likeness (QED) is 0.640. The number of furan rings is 1. The molecule has 6 nitrogen and oxygen atoms in total. The van der Waals surface area contributed by atoms with Gasteiger partial charge in [-0.05, 0) is 19.1 Å². The molecule has 1 heterocycles. The lowest BCUT2D eigenvalue weighted by Crippen LogP contribution is -2.26. The summed E-state index contributed by atoms with van der Waals surface area (Å²) in [5, 5.41) is 10.7. The van der Waals surface area contributed by atoms with Crippen molar-refractivity contribution < 1.29 is 14.1 Å². The number of carbonyl (C=O) groups excluding carboxylic acids is 1. The van der Waals surface area contributed by atoms with Gasteiger partial charge in [0, 0.05) is 25.2 Å². The van der Waals surface area contributed by atoms with Gasteiger partial charge in [-0.3, -0.25) is 14.9 Å². The minimum absolute atomic E-state index is 0.106. The largest absolute Gasteiger partial charge is 0.469 e. The first-order valence-corrected chi connectivity index (χ1v) is 6.51. The third-order valence-electron chi connectivity index (χ3n) is 3.13. The zero-order valence-electron chi connectivity index (χ0n) is 11.5. The van der Waals surface area contributed by atoms with Crippen LogP contribution in [0.2, 0.25) is 5.02 Å². The Morgan fingerprint density at radius 2 is 2.14 bits per heavy atom. The van der Waals surface area contributed by atoms with Crippen molar-refractivity contribution in [1.82, 2.24) is 4.90 Å². The molecule has 1 amide bonds. The smallest absolute Gasteiger partial charge is 0.288 e. The molecule has 0 aliphatic heterocycles. The van der Waals surface area contributed by atoms with E-state index in [0.717, 1.165) is 11.3 Å². The number of nitro benzene ring substituents is 1. The van der Waals surface area contributed by atoms with Crippen LogP contribution in [0, 0.1) is 17.0 Å². The maximum atomic E-state index is 12.4. The first-order valence-electron chi connectivity index (χ1n) is 6.13. The van der Waals surface area contributed by atoms with Crippen LogP contribution < -0.4 is 0 Å². The minimum Gasteiger partial charge on any atom is -0.469 e. The molecule has 110 valence electrons. The lowest BCUT2D eigenvalue weighted by molar-refractivity contribution is -0.384. The molecule has 0 saturated carbocycles. The van der Waals surface area contributed by atoms with Crippen LogP contribution >= 0.6 is 11.6 Å². The van der Waals surface area contributed by atoms with E-state index in [-0.39, 0.29) is 22.2 Å². The van der Waals surface area contributed by atoms with Gasteiger partial charge in [0.15, 0.2) is 0 Å². The van der Waals surface area contributed by atoms with Gasteiger partial charge in [-0.25, -0.2) is 0 Å². The lowest BCUT2D eigenvalue weighted by atomic mass is 10.1. The number of benzene rings is 1. The fourth-order valence-corrected chi connectivity index (χ4v) is 2.21. The number of carbonyl (C=O) groups is 1. The fraction of sp³-hybridized carbons (Fsp3) is 0.214. The summed E-state index contributed by atoms with van der Waals surface area (Å²) in [5.74, 6) is 0.337. The van der Waals surface area contributed by atoms with Gasteiger partial charge in [-0.1, -0.05) is 17.7 Å². The Hall–Kier alpha value is -2.34. The van der Waals surface area contributed by atoms with Crippen LogP contribution in [-0.4, -0.2) is 22.8 Å². The van der Waals surface area contributed by atoms with Gasteiger partial charge in [-0.15, -0.1) is 0 Å². The van der Waals surface area contributed by atoms with Gasteiger partial charge >= 0.3 is 0 Å². The van der Waals surface area contributed by atoms with E-state index in [9.17, 15) is 14.9 Å². The fourth-order valence-electron chi connectivity index (χ4n) is 1.93. The SMILES string of the molecule is Cc1occc1CN(C)C(=O)c1cccc([N+](=O)[O-])c1Cl. The molecule has 2 aromatic rings. The van der Waals surface area contributed by atoms with E-state index < -0.39 is 4.92 Å². The molecule has 0 unspecified atom stereocenters. The van der Waals surface area contributed by atoms with E-state index >= 15 is 0 Å². The highest BCUT2D eigenvalue weighted by Crippen LogP contribution is 2.28. The monoisotopic (exact) mass is 308 g/mol. The Morgan fingerprint density at radius 3 is 2.71 bits per heavy atom. The second kappa shape index (κ2) is 5.97. The Balaban J connectivity index is 2.26. The molecule has 2 rings (SSSR count). The van der Waals surface area contributed by atoms with Crippen molar-refractivity contribution in [3.63, 3.8) is 0 Å². The number of halogens is 1. The average molecular weight is 309 g/mol. The van der Waals surface area contributed by atoms with Gasteiger partial charge in [0.25, 0.3) is 11.6 Å². The number of hydrogen-bond acceptors (Lipinski definition) is 4. The van der Waals surface area contributed by atoms with Crippen LogP contribution in [0.15, 0.2) is 34.9 Å². The maximum absolute atomic E-state index is 12.4. The molecule has 0 saturated heterocycles. The summed E-state index contributed by atoms with van der Waals surface area (Å²) in [6.45, 7) is 2.13. The summed E-state index contributed by atoms with van der Waals surface area (Å²) < 4.78 is 5.17. The van der Waals surface area contributed by atoms with E-state index in [0.29, 0.717) is 6.54 Å². The normalized spacial score (nSPS) is 10.4. The molecular formula is C14H13ClN2O4. The molecule has 0 aliphatic rings. The summed E-state index contributed by atoms with van der Waals surface area (Å²) in [7, 11) is 1.60. The van der Waals surface area contributed by atoms with Gasteiger partial charge in [0.05, 0.1) is 16.7 Å². The molecular weight excluding hydrogens is 296 g/mol. The molecule has 0 radical (unpaired) electrons. The first kappa shape index (κ1) is 15.1. The summed E-state index contributed by atoms with van der Waals surface area (Å²) >= 11 is 5.95. The predicted molar refractivity (Wildman–Crippen MR) is 77.3 cm³/mol. The number of hydrogen-bond donors (Lipinski definition) is 0. The average Bonchev–Trinajstić information content (AvgIpc) is 2.83. The third kappa shape index (κ3) is 3.05. The van der Waals surface area contributed by atoms with Crippen molar-refractivity contribution in [3.8, 4) is 0 Å². The van der Waals surface area contributed by atoms with E-state index in [2.05, 4.69) is 0 Å². The minimum atomic E-state index is -0.612. The molecule has 1 aromatic heterocycles. The molecule has 0 N–H and O–H groups in total. The molecule has 0 fully saturated rings. The van der Waals surface area contributed by atoms with Crippen LogP contribution in [0.1, 0.15) is 21.7 Å². The van der Waals surface area contributed by atoms with E-state index in [4.69, 9.17) is 16.0 Å². The lowest BCUT2D eigenvalue weighted by Gasteiger charge is -2.17. The van der Waals surface area contributed by atoms with Crippen LogP contribution in [0.3, 0.4) is 0 Å². The standard InChI is InChI=1S/C14H13ClN2O4/c1-9-10(6-7-21-9)8-16(2)14(18)11-4-3-5-12(13(11)15)17(19)20/h3-7H,8H2,1-2H3. The highest BCUT2D eigenvalue weighted by molar-refractivity contribution is 6.35. The van der Waals surface area contributed by atoms with Gasteiger partial charge < -0.3 is 9.32 Å². The molecule has 0 spiro atoms. The number of nitro groups is 1. The number of amides is 1. The summed E-state index contributed by atoms with van der Waals surface area (Å²) in [6.07, 6.45) is 1.54. The van der Waals surface area contributed by atoms with Crippen molar-refractivity contribution >= 4 is 23.2 Å². The summed E-state index contributed by atoms with van der Waals surface area (Å²) in [5.41, 5.74) is 0.692. The van der Waals surface area contributed by atoms with Gasteiger partial charge in [-0.2, -0.15) is 0 Å². The van der Waals surface area contributed by atoms with Crippen LogP contribution in [0.4, 0.5) is 5.69 Å². The molecule has 0 aliphatic carbocycles. The van der Waals surface area contributed by atoms with Crippen LogP contribution in [-0.2, 0) is 6.54 Å². The zero-order valence-corrected chi connectivity index (χ0v) is 12.3. The Bertz CT molecular complexity index is 696. The summed E-state index contributed by atoms with van der Waals surface area (Å²) in [6, 6.07) is 5.94. The third-order valence-corrected chi connectivity index (χ3v) is 3.52. The van der Waals surface area contributed by atoms with Crippen LogP contribution in [0.25, 0.3) is 0 Å². The van der Waals surface area contributed by atoms with E-state index in [1.165, 1.54) is 23.1 Å². The van der Waals surface area contributed by atoms with Gasteiger partial charge in [0.1, 0.15) is 10.8 Å². The topological polar surface area (TPSA) is 76.6 Å². The van der Waals surface area contributed by atoms with Gasteiger partial charge in [0.2, 0.25) is 0 Å². The first-order chi connectivity index (χ1) is 9.91. The Labute approximate surface area is 126 Å². The molecule has 7 heteroatoms. The second-order valence-corrected chi connectivity index (χ2v) is 4.94. The Kier molecular flexibility index (Phi) is 4.28. The second-order valence-electron chi connectivity index (χ2n) is 4.56. The van der Waals surface area contributed by atoms with Crippen molar-refractivity contribution in [2.24, 2.45) is 0 Å². The molecule has 21 heavy (non-hydrogen) atoms. The number of nitrogens with zero attached hydrogens (tertiary/aromatic N) is 2. The highest BCUT2D eigenvalue weighted by Gasteiger charge is 2.22. The number of rotatable bonds is 4. The molecule has 1 aromatic carbocycles. The highest BCUT2D eigenvalue weighted by atomic mass is 35.5. The van der Waals surface area contributed by atoms with Crippen molar-refractivity contribution in [2.45, 2.75) is 13.5 Å². The van der Waals surface area contributed by atoms with Crippen molar-refractivity contribution in [3.05, 3.63) is 62.6 Å². The molecule has 0 atom stereocenters. The van der Waals surface area contributed by atoms with Crippen molar-refractivity contribution in [2.75, 3.05) is 7.05 Å². The van der Waals surface area contributed by atoms with E-state index in [1.54, 1.807) is 26.3 Å². The summed E-state index contributed by atoms with van der Waals surface area (Å²) in [4.78, 5) is 24.0. The van der Waals surface area contributed by atoms with E-state index in [1.807, 2.05) is 0 Å². The predicted octanol–water partition coefficient (Wildman–Crippen LogP) is 3.42. The maximum Gasteiger partial charge on any atom is 0.288 e. The number of aryl methyl sites for hydroxylation is 1. The van der Waals surface area contributed by atoms with Crippen molar-refractivity contribution in [1.29, 1.82) is 0 Å². The Morgan fingerprint density at radius 1 is 1.43 bits per heavy atom. The molecule has 0 bridgehead atoms. The zero-order chi connectivity index (χ0) is 15.6. The van der Waals surface area contributed by atoms with Crippen LogP contribution in [0.5, 0.6) is 0 Å².